The molecule has 0 spiro atoms. The van der Waals surface area contributed by atoms with E-state index in [1.807, 2.05) is 12.1 Å². The lowest BCUT2D eigenvalue weighted by molar-refractivity contribution is 1.48. The Balaban J connectivity index is 2.82. The summed E-state index contributed by atoms with van der Waals surface area (Å²) in [5, 5.41) is 10.0. The van der Waals surface area contributed by atoms with E-state index in [1.54, 1.807) is 11.3 Å². The zero-order valence-electron chi connectivity index (χ0n) is 6.34. The number of hydrogen-bond acceptors (Lipinski definition) is 2. The third-order valence-corrected chi connectivity index (χ3v) is 4.21. The van der Waals surface area contributed by atoms with E-state index in [9.17, 15) is 0 Å². The molecule has 0 saturated carbocycles. The van der Waals surface area contributed by atoms with E-state index >= 15 is 0 Å². The van der Waals surface area contributed by atoms with Crippen LogP contribution in [0.5, 0.6) is 0 Å². The summed E-state index contributed by atoms with van der Waals surface area (Å²) < 4.78 is 3.29. The van der Waals surface area contributed by atoms with Crippen LogP contribution in [0.4, 0.5) is 0 Å². The lowest BCUT2D eigenvalue weighted by Crippen LogP contribution is -1.75. The minimum Gasteiger partial charge on any atom is -0.192 e. The van der Waals surface area contributed by atoms with E-state index in [2.05, 4.69) is 50.7 Å². The number of halogens is 2. The molecule has 0 aliphatic rings. The summed E-state index contributed by atoms with van der Waals surface area (Å²) in [6.07, 6.45) is 0. The van der Waals surface area contributed by atoms with Gasteiger partial charge in [0.1, 0.15) is 6.07 Å². The average Bonchev–Trinajstić information content (AvgIpc) is 2.42. The predicted molar refractivity (Wildman–Crippen MR) is 67.0 cm³/mol. The van der Waals surface area contributed by atoms with Crippen LogP contribution in [0.15, 0.2) is 22.7 Å². The van der Waals surface area contributed by atoms with Gasteiger partial charge in [0.25, 0.3) is 0 Å². The van der Waals surface area contributed by atoms with Gasteiger partial charge >= 0.3 is 0 Å². The van der Waals surface area contributed by atoms with Crippen molar-refractivity contribution in [3.8, 4) is 6.07 Å². The monoisotopic (exact) mass is 363 g/mol. The number of fused-ring (bicyclic) bond motifs is 1. The zero-order valence-corrected chi connectivity index (χ0v) is 10.9. The largest absolute Gasteiger partial charge is 0.192 e. The molecule has 13 heavy (non-hydrogen) atoms. The summed E-state index contributed by atoms with van der Waals surface area (Å²) in [4.78, 5) is 0. The fraction of sp³-hybridized carbons (Fsp3) is 0. The van der Waals surface area contributed by atoms with Gasteiger partial charge in [-0.15, -0.1) is 11.3 Å². The molecule has 0 aliphatic heterocycles. The Morgan fingerprint density at radius 3 is 2.85 bits per heavy atom. The highest BCUT2D eigenvalue weighted by molar-refractivity contribution is 14.1. The van der Waals surface area contributed by atoms with Crippen LogP contribution in [-0.2, 0) is 0 Å². The van der Waals surface area contributed by atoms with E-state index in [1.165, 1.54) is 13.0 Å². The first-order valence-corrected chi connectivity index (χ1v) is 6.18. The highest BCUT2D eigenvalue weighted by Crippen LogP contribution is 2.31. The molecule has 2 rings (SSSR count). The first-order valence-electron chi connectivity index (χ1n) is 3.49. The summed E-state index contributed by atoms with van der Waals surface area (Å²) in [7, 11) is 0. The third-order valence-electron chi connectivity index (χ3n) is 1.70. The average molecular weight is 364 g/mol. The number of rotatable bonds is 0. The molecule has 0 amide bonds. The van der Waals surface area contributed by atoms with Crippen LogP contribution >= 0.6 is 49.9 Å². The molecule has 0 bridgehead atoms. The van der Waals surface area contributed by atoms with Gasteiger partial charge < -0.3 is 0 Å². The Kier molecular flexibility index (Phi) is 2.58. The highest BCUT2D eigenvalue weighted by atomic mass is 127. The first-order chi connectivity index (χ1) is 6.20. The number of hydrogen-bond donors (Lipinski definition) is 0. The fourth-order valence-corrected chi connectivity index (χ4v) is 3.42. The van der Waals surface area contributed by atoms with Crippen molar-refractivity contribution in [2.45, 2.75) is 0 Å². The normalized spacial score (nSPS) is 10.2. The van der Waals surface area contributed by atoms with Crippen molar-refractivity contribution in [2.75, 3.05) is 0 Å². The van der Waals surface area contributed by atoms with E-state index in [0.717, 1.165) is 4.47 Å². The lowest BCUT2D eigenvalue weighted by Gasteiger charge is -1.94. The molecule has 1 nitrogen and oxygen atoms in total. The molecule has 0 aliphatic carbocycles. The van der Waals surface area contributed by atoms with Gasteiger partial charge in [-0.1, -0.05) is 0 Å². The molecule has 1 aromatic heterocycles. The van der Waals surface area contributed by atoms with Crippen molar-refractivity contribution in [3.05, 3.63) is 31.1 Å². The molecule has 64 valence electrons. The zero-order chi connectivity index (χ0) is 9.42. The summed E-state index contributed by atoms with van der Waals surface area (Å²) in [6.45, 7) is 0. The van der Waals surface area contributed by atoms with Crippen LogP contribution < -0.4 is 0 Å². The maximum Gasteiger partial charge on any atom is 0.100 e. The Morgan fingerprint density at radius 2 is 2.15 bits per heavy atom. The topological polar surface area (TPSA) is 23.8 Å². The van der Waals surface area contributed by atoms with Crippen LogP contribution in [0.25, 0.3) is 10.1 Å². The molecule has 1 aromatic carbocycles. The van der Waals surface area contributed by atoms with E-state index in [4.69, 9.17) is 5.26 Å². The second kappa shape index (κ2) is 3.56. The summed E-state index contributed by atoms with van der Waals surface area (Å²) >= 11 is 7.36. The van der Waals surface area contributed by atoms with E-state index < -0.39 is 0 Å². The summed E-state index contributed by atoms with van der Waals surface area (Å²) in [6, 6.07) is 8.19. The molecule has 0 unspecified atom stereocenters. The molecule has 0 radical (unpaired) electrons. The third kappa shape index (κ3) is 1.73. The predicted octanol–water partition coefficient (Wildman–Crippen LogP) is 4.14. The molecule has 2 aromatic rings. The van der Waals surface area contributed by atoms with Crippen LogP contribution in [0.2, 0.25) is 0 Å². The molecule has 0 fully saturated rings. The Hall–Kier alpha value is -0.120. The van der Waals surface area contributed by atoms with Gasteiger partial charge in [-0.05, 0) is 62.1 Å². The molecule has 0 atom stereocenters. The standard InChI is InChI=1S/C9H3BrINS/c10-7-1-5-3-9(11)13-8(5)2-6(7)4-12/h1-3H. The minimum absolute atomic E-state index is 0.700. The van der Waals surface area contributed by atoms with Crippen LogP contribution in [-0.4, -0.2) is 0 Å². The van der Waals surface area contributed by atoms with E-state index in [0.29, 0.717) is 5.56 Å². The van der Waals surface area contributed by atoms with Crippen molar-refractivity contribution in [1.82, 2.24) is 0 Å². The van der Waals surface area contributed by atoms with Crippen molar-refractivity contribution in [1.29, 1.82) is 5.26 Å². The molecular formula is C9H3BrINS. The number of thiophene rings is 1. The SMILES string of the molecule is N#Cc1cc2sc(I)cc2cc1Br. The minimum atomic E-state index is 0.700. The van der Waals surface area contributed by atoms with Gasteiger partial charge in [-0.2, -0.15) is 5.26 Å². The lowest BCUT2D eigenvalue weighted by atomic mass is 10.2. The second-order valence-electron chi connectivity index (χ2n) is 2.53. The van der Waals surface area contributed by atoms with Gasteiger partial charge in [-0.3, -0.25) is 0 Å². The fourth-order valence-electron chi connectivity index (χ4n) is 1.11. The van der Waals surface area contributed by atoms with Gasteiger partial charge in [0.15, 0.2) is 0 Å². The summed E-state index contributed by atoms with van der Waals surface area (Å²) in [5.41, 5.74) is 0.700. The van der Waals surface area contributed by atoms with Crippen LogP contribution in [0.3, 0.4) is 0 Å². The van der Waals surface area contributed by atoms with E-state index in [-0.39, 0.29) is 0 Å². The van der Waals surface area contributed by atoms with Gasteiger partial charge in [0, 0.05) is 9.17 Å². The second-order valence-corrected chi connectivity index (χ2v) is 6.36. The maximum atomic E-state index is 8.81. The first kappa shape index (κ1) is 9.44. The van der Waals surface area contributed by atoms with Crippen molar-refractivity contribution >= 4 is 59.9 Å². The molecular weight excluding hydrogens is 361 g/mol. The van der Waals surface area contributed by atoms with Gasteiger partial charge in [0.2, 0.25) is 0 Å². The van der Waals surface area contributed by atoms with Gasteiger partial charge in [0.05, 0.1) is 8.45 Å². The molecule has 4 heteroatoms. The number of nitriles is 1. The number of benzene rings is 1. The van der Waals surface area contributed by atoms with Crippen LogP contribution in [0, 0.1) is 14.2 Å². The number of nitrogens with zero attached hydrogens (tertiary/aromatic N) is 1. The maximum absolute atomic E-state index is 8.81. The smallest absolute Gasteiger partial charge is 0.100 e. The van der Waals surface area contributed by atoms with Gasteiger partial charge in [-0.25, -0.2) is 0 Å². The Labute approximate surface area is 102 Å². The Bertz CT molecular complexity index is 512. The quantitative estimate of drug-likeness (QED) is 0.645. The molecule has 0 saturated heterocycles. The highest BCUT2D eigenvalue weighted by Gasteiger charge is 2.04. The van der Waals surface area contributed by atoms with Crippen molar-refractivity contribution in [2.24, 2.45) is 0 Å². The Morgan fingerprint density at radius 1 is 1.38 bits per heavy atom. The van der Waals surface area contributed by atoms with Crippen molar-refractivity contribution in [3.63, 3.8) is 0 Å². The molecule has 1 heterocycles. The summed E-state index contributed by atoms with van der Waals surface area (Å²) in [5.74, 6) is 0. The van der Waals surface area contributed by atoms with Crippen LogP contribution in [0.1, 0.15) is 5.56 Å². The van der Waals surface area contributed by atoms with Crippen molar-refractivity contribution < 1.29 is 0 Å². The molecule has 0 N–H and O–H groups in total.